The number of hydrogen-bond acceptors (Lipinski definition) is 2. The summed E-state index contributed by atoms with van der Waals surface area (Å²) in [5.41, 5.74) is 6.32. The van der Waals surface area contributed by atoms with Gasteiger partial charge < -0.3 is 5.73 Å². The molecule has 1 fully saturated rings. The zero-order valence-corrected chi connectivity index (χ0v) is 10.6. The Kier molecular flexibility index (Phi) is 3.75. The van der Waals surface area contributed by atoms with E-state index in [9.17, 15) is 4.21 Å². The third kappa shape index (κ3) is 2.80. The van der Waals surface area contributed by atoms with Gasteiger partial charge in [-0.1, -0.05) is 20.8 Å². The van der Waals surface area contributed by atoms with E-state index in [4.69, 9.17) is 5.73 Å². The zero-order valence-electron chi connectivity index (χ0n) is 9.75. The van der Waals surface area contributed by atoms with Crippen LogP contribution in [0.25, 0.3) is 0 Å². The quantitative estimate of drug-likeness (QED) is 0.729. The minimum atomic E-state index is -0.763. The van der Waals surface area contributed by atoms with Crippen molar-refractivity contribution in [2.75, 3.05) is 6.26 Å². The molecule has 0 saturated heterocycles. The summed E-state index contributed by atoms with van der Waals surface area (Å²) < 4.78 is 11.5. The van der Waals surface area contributed by atoms with Crippen LogP contribution in [0.1, 0.15) is 40.0 Å². The third-order valence-electron chi connectivity index (χ3n) is 3.49. The van der Waals surface area contributed by atoms with E-state index in [1.807, 2.05) is 0 Å². The molecule has 0 heterocycles. The summed E-state index contributed by atoms with van der Waals surface area (Å²) in [7, 11) is -0.763. The van der Waals surface area contributed by atoms with Gasteiger partial charge in [-0.3, -0.25) is 4.21 Å². The molecule has 0 spiro atoms. The van der Waals surface area contributed by atoms with E-state index in [0.717, 1.165) is 12.8 Å². The van der Waals surface area contributed by atoms with Crippen molar-refractivity contribution in [3.63, 3.8) is 0 Å². The van der Waals surface area contributed by atoms with E-state index >= 15 is 0 Å². The van der Waals surface area contributed by atoms with Crippen molar-refractivity contribution < 1.29 is 4.21 Å². The molecule has 1 rings (SSSR count). The van der Waals surface area contributed by atoms with E-state index in [1.54, 1.807) is 6.26 Å². The molecule has 4 atom stereocenters. The van der Waals surface area contributed by atoms with Gasteiger partial charge in [0, 0.05) is 28.3 Å². The van der Waals surface area contributed by atoms with Crippen LogP contribution < -0.4 is 5.73 Å². The van der Waals surface area contributed by atoms with Crippen LogP contribution in [0.5, 0.6) is 0 Å². The molecule has 2 N–H and O–H groups in total. The van der Waals surface area contributed by atoms with Gasteiger partial charge in [0.05, 0.1) is 0 Å². The Labute approximate surface area is 90.1 Å². The summed E-state index contributed by atoms with van der Waals surface area (Å²) in [6, 6.07) is 0.152. The van der Waals surface area contributed by atoms with Gasteiger partial charge in [0.1, 0.15) is 0 Å². The molecule has 0 aliphatic heterocycles. The van der Waals surface area contributed by atoms with Gasteiger partial charge in [-0.05, 0) is 30.6 Å². The normalized spacial score (nSPS) is 36.8. The molecule has 0 amide bonds. The molecular formula is C11H23NOS. The number of hydrogen-bond donors (Lipinski definition) is 1. The first-order valence-electron chi connectivity index (χ1n) is 5.40. The fourth-order valence-electron chi connectivity index (χ4n) is 2.32. The van der Waals surface area contributed by atoms with Crippen LogP contribution in [0.4, 0.5) is 0 Å². The van der Waals surface area contributed by atoms with E-state index in [1.165, 1.54) is 6.42 Å². The second-order valence-corrected chi connectivity index (χ2v) is 7.18. The molecule has 84 valence electrons. The predicted molar refractivity (Wildman–Crippen MR) is 62.6 cm³/mol. The topological polar surface area (TPSA) is 43.1 Å². The smallest absolute Gasteiger partial charge is 0.0499 e. The second-order valence-electron chi connectivity index (χ2n) is 5.58. The Morgan fingerprint density at radius 1 is 1.29 bits per heavy atom. The van der Waals surface area contributed by atoms with Crippen molar-refractivity contribution in [1.82, 2.24) is 0 Å². The van der Waals surface area contributed by atoms with Crippen molar-refractivity contribution in [1.29, 1.82) is 0 Å². The lowest BCUT2D eigenvalue weighted by Crippen LogP contribution is -2.45. The molecule has 2 nitrogen and oxygen atoms in total. The van der Waals surface area contributed by atoms with Crippen LogP contribution in [0.15, 0.2) is 0 Å². The summed E-state index contributed by atoms with van der Waals surface area (Å²) in [5.74, 6) is 0.677. The van der Waals surface area contributed by atoms with Crippen LogP contribution in [0.3, 0.4) is 0 Å². The number of rotatable bonds is 1. The molecule has 0 aromatic carbocycles. The first-order chi connectivity index (χ1) is 6.32. The van der Waals surface area contributed by atoms with Gasteiger partial charge in [-0.15, -0.1) is 0 Å². The van der Waals surface area contributed by atoms with Crippen LogP contribution in [-0.2, 0) is 10.8 Å². The fourth-order valence-corrected chi connectivity index (χ4v) is 3.45. The SMILES string of the molecule is CS(=O)C1CC(C(C)(C)C)CCC1N. The van der Waals surface area contributed by atoms with Crippen molar-refractivity contribution in [2.24, 2.45) is 17.1 Å². The second kappa shape index (κ2) is 4.31. The molecule has 3 heteroatoms. The highest BCUT2D eigenvalue weighted by Crippen LogP contribution is 2.38. The lowest BCUT2D eigenvalue weighted by Gasteiger charge is -2.39. The van der Waals surface area contributed by atoms with Crippen molar-refractivity contribution >= 4 is 10.8 Å². The molecule has 0 bridgehead atoms. The fraction of sp³-hybridized carbons (Fsp3) is 1.00. The molecular weight excluding hydrogens is 194 g/mol. The summed E-state index contributed by atoms with van der Waals surface area (Å²) in [4.78, 5) is 0. The van der Waals surface area contributed by atoms with Gasteiger partial charge >= 0.3 is 0 Å². The summed E-state index contributed by atoms with van der Waals surface area (Å²) in [6.07, 6.45) is 5.05. The van der Waals surface area contributed by atoms with Crippen molar-refractivity contribution in [3.8, 4) is 0 Å². The molecule has 14 heavy (non-hydrogen) atoms. The number of nitrogens with two attached hydrogens (primary N) is 1. The molecule has 0 aromatic rings. The Hall–Kier alpha value is 0.110. The van der Waals surface area contributed by atoms with Crippen LogP contribution in [0, 0.1) is 11.3 Å². The largest absolute Gasteiger partial charge is 0.327 e. The standard InChI is InChI=1S/C11H23NOS/c1-11(2,3)8-5-6-9(12)10(7-8)14(4)13/h8-10H,5-7,12H2,1-4H3. The molecule has 0 radical (unpaired) electrons. The monoisotopic (exact) mass is 217 g/mol. The third-order valence-corrected chi connectivity index (χ3v) is 4.89. The summed E-state index contributed by atoms with van der Waals surface area (Å²) in [6.45, 7) is 6.80. The van der Waals surface area contributed by atoms with E-state index in [0.29, 0.717) is 11.3 Å². The van der Waals surface area contributed by atoms with Gasteiger partial charge in [-0.25, -0.2) is 0 Å². The van der Waals surface area contributed by atoms with Crippen molar-refractivity contribution in [2.45, 2.75) is 51.3 Å². The highest BCUT2D eigenvalue weighted by molar-refractivity contribution is 7.85. The van der Waals surface area contributed by atoms with Crippen LogP contribution >= 0.6 is 0 Å². The first kappa shape index (κ1) is 12.2. The van der Waals surface area contributed by atoms with Crippen molar-refractivity contribution in [3.05, 3.63) is 0 Å². The van der Waals surface area contributed by atoms with Crippen LogP contribution in [-0.4, -0.2) is 21.8 Å². The molecule has 0 aromatic heterocycles. The average Bonchev–Trinajstić information content (AvgIpc) is 2.02. The minimum absolute atomic E-state index is 0.152. The molecule has 1 saturated carbocycles. The van der Waals surface area contributed by atoms with E-state index in [-0.39, 0.29) is 11.3 Å². The maximum atomic E-state index is 11.5. The average molecular weight is 217 g/mol. The highest BCUT2D eigenvalue weighted by atomic mass is 32.2. The lowest BCUT2D eigenvalue weighted by atomic mass is 9.71. The summed E-state index contributed by atoms with van der Waals surface area (Å²) >= 11 is 0. The Balaban J connectivity index is 2.67. The van der Waals surface area contributed by atoms with Gasteiger partial charge in [0.25, 0.3) is 0 Å². The summed E-state index contributed by atoms with van der Waals surface area (Å²) in [5, 5.41) is 0.216. The lowest BCUT2D eigenvalue weighted by molar-refractivity contribution is 0.173. The first-order valence-corrected chi connectivity index (χ1v) is 7.02. The van der Waals surface area contributed by atoms with Gasteiger partial charge in [-0.2, -0.15) is 0 Å². The van der Waals surface area contributed by atoms with Gasteiger partial charge in [0.2, 0.25) is 0 Å². The molecule has 1 aliphatic rings. The Bertz CT molecular complexity index is 222. The Morgan fingerprint density at radius 2 is 1.86 bits per heavy atom. The molecule has 4 unspecified atom stereocenters. The highest BCUT2D eigenvalue weighted by Gasteiger charge is 2.35. The van der Waals surface area contributed by atoms with E-state index in [2.05, 4.69) is 20.8 Å². The maximum Gasteiger partial charge on any atom is 0.0499 e. The predicted octanol–water partition coefficient (Wildman–Crippen LogP) is 1.91. The zero-order chi connectivity index (χ0) is 10.9. The Morgan fingerprint density at radius 3 is 2.29 bits per heavy atom. The minimum Gasteiger partial charge on any atom is -0.327 e. The van der Waals surface area contributed by atoms with Crippen LogP contribution in [0.2, 0.25) is 0 Å². The van der Waals surface area contributed by atoms with Gasteiger partial charge in [0.15, 0.2) is 0 Å². The maximum absolute atomic E-state index is 11.5. The van der Waals surface area contributed by atoms with E-state index < -0.39 is 10.8 Å². The molecule has 1 aliphatic carbocycles.